The van der Waals surface area contributed by atoms with Gasteiger partial charge in [-0.15, -0.1) is 0 Å². The molecule has 8 nitrogen and oxygen atoms in total. The third-order valence-electron chi connectivity index (χ3n) is 5.89. The second kappa shape index (κ2) is 12.5. The molecule has 3 rings (SSSR count). The van der Waals surface area contributed by atoms with Crippen LogP contribution in [0, 0.1) is 5.92 Å². The summed E-state index contributed by atoms with van der Waals surface area (Å²) >= 11 is 0. The fourth-order valence-electron chi connectivity index (χ4n) is 4.21. The van der Waals surface area contributed by atoms with Crippen molar-refractivity contribution in [2.24, 2.45) is 5.92 Å². The largest absolute Gasteiger partial charge is 0.497 e. The minimum atomic E-state index is -0.473. The second-order valence-corrected chi connectivity index (χ2v) is 9.16. The van der Waals surface area contributed by atoms with Crippen molar-refractivity contribution in [1.29, 1.82) is 0 Å². The number of aliphatic hydroxyl groups is 1. The van der Waals surface area contributed by atoms with Crippen LogP contribution in [0.15, 0.2) is 24.3 Å². The van der Waals surface area contributed by atoms with E-state index in [4.69, 9.17) is 14.2 Å². The summed E-state index contributed by atoms with van der Waals surface area (Å²) < 4.78 is 16.8. The summed E-state index contributed by atoms with van der Waals surface area (Å²) in [6.07, 6.45) is -0.355. The zero-order valence-electron chi connectivity index (χ0n) is 19.7. The first-order valence-corrected chi connectivity index (χ1v) is 11.7. The van der Waals surface area contributed by atoms with Crippen molar-refractivity contribution in [3.8, 4) is 5.75 Å². The molecular formula is C24H39N3O5. The molecule has 2 aliphatic heterocycles. The summed E-state index contributed by atoms with van der Waals surface area (Å²) in [5.41, 5.74) is 0.667. The first kappa shape index (κ1) is 24.9. The molecule has 1 aromatic rings. The van der Waals surface area contributed by atoms with E-state index in [1.165, 1.54) is 0 Å². The third-order valence-corrected chi connectivity index (χ3v) is 5.89. The van der Waals surface area contributed by atoms with Gasteiger partial charge in [-0.1, -0.05) is 19.9 Å². The maximum absolute atomic E-state index is 12.8. The summed E-state index contributed by atoms with van der Waals surface area (Å²) in [6, 6.07) is 7.33. The molecule has 2 heterocycles. The van der Waals surface area contributed by atoms with Gasteiger partial charge in [0.25, 0.3) is 5.91 Å². The topological polar surface area (TPSA) is 74.7 Å². The molecule has 2 atom stereocenters. The van der Waals surface area contributed by atoms with Gasteiger partial charge in [-0.25, -0.2) is 0 Å². The quantitative estimate of drug-likeness (QED) is 0.575. The zero-order valence-corrected chi connectivity index (χ0v) is 19.7. The van der Waals surface area contributed by atoms with Crippen LogP contribution < -0.4 is 4.74 Å². The van der Waals surface area contributed by atoms with Crippen molar-refractivity contribution in [2.45, 2.75) is 26.1 Å². The number of methoxy groups -OCH3 is 1. The minimum Gasteiger partial charge on any atom is -0.497 e. The van der Waals surface area contributed by atoms with Crippen LogP contribution in [0.3, 0.4) is 0 Å². The normalized spacial score (nSPS) is 21.7. The van der Waals surface area contributed by atoms with Crippen LogP contribution in [0.4, 0.5) is 0 Å². The van der Waals surface area contributed by atoms with Gasteiger partial charge in [0.15, 0.2) is 0 Å². The van der Waals surface area contributed by atoms with Crippen LogP contribution in [0.2, 0.25) is 0 Å². The highest BCUT2D eigenvalue weighted by Crippen LogP contribution is 2.16. The van der Waals surface area contributed by atoms with E-state index in [-0.39, 0.29) is 12.0 Å². The Morgan fingerprint density at radius 2 is 1.94 bits per heavy atom. The lowest BCUT2D eigenvalue weighted by Gasteiger charge is -2.39. The number of nitrogens with zero attached hydrogens (tertiary/aromatic N) is 3. The van der Waals surface area contributed by atoms with E-state index in [0.29, 0.717) is 56.7 Å². The molecule has 0 aromatic heterocycles. The average molecular weight is 450 g/mol. The number of carbonyl (C=O) groups is 1. The van der Waals surface area contributed by atoms with Crippen molar-refractivity contribution < 1.29 is 24.1 Å². The van der Waals surface area contributed by atoms with E-state index in [1.54, 1.807) is 13.2 Å². The van der Waals surface area contributed by atoms with Gasteiger partial charge in [-0.3, -0.25) is 14.6 Å². The molecule has 1 aromatic carbocycles. The number of carbonyl (C=O) groups excluding carboxylic acids is 1. The number of piperazine rings is 1. The number of rotatable bonds is 10. The Morgan fingerprint density at radius 1 is 1.16 bits per heavy atom. The van der Waals surface area contributed by atoms with E-state index in [0.717, 1.165) is 32.7 Å². The molecule has 0 spiro atoms. The van der Waals surface area contributed by atoms with Gasteiger partial charge in [-0.05, 0) is 24.1 Å². The molecule has 2 saturated heterocycles. The number of ether oxygens (including phenoxy) is 3. The Balaban J connectivity index is 1.39. The van der Waals surface area contributed by atoms with Gasteiger partial charge in [0.1, 0.15) is 5.75 Å². The molecule has 2 fully saturated rings. The van der Waals surface area contributed by atoms with Crippen LogP contribution in [0.1, 0.15) is 24.2 Å². The van der Waals surface area contributed by atoms with Gasteiger partial charge in [0.2, 0.25) is 0 Å². The first-order chi connectivity index (χ1) is 15.4. The lowest BCUT2D eigenvalue weighted by atomic mass is 10.1. The van der Waals surface area contributed by atoms with Crippen LogP contribution >= 0.6 is 0 Å². The Hall–Kier alpha value is -1.71. The maximum Gasteiger partial charge on any atom is 0.254 e. The second-order valence-electron chi connectivity index (χ2n) is 9.16. The summed E-state index contributed by atoms with van der Waals surface area (Å²) in [5.74, 6) is 1.23. The van der Waals surface area contributed by atoms with Crippen LogP contribution in [-0.2, 0) is 9.47 Å². The highest BCUT2D eigenvalue weighted by Gasteiger charge is 2.27. The number of hydrogen-bond donors (Lipinski definition) is 1. The van der Waals surface area contributed by atoms with Gasteiger partial charge in [-0.2, -0.15) is 0 Å². The highest BCUT2D eigenvalue weighted by atomic mass is 16.5. The van der Waals surface area contributed by atoms with Crippen molar-refractivity contribution >= 4 is 5.91 Å². The number of benzene rings is 1. The van der Waals surface area contributed by atoms with Crippen LogP contribution in [0.5, 0.6) is 5.75 Å². The van der Waals surface area contributed by atoms with E-state index in [2.05, 4.69) is 23.6 Å². The van der Waals surface area contributed by atoms with E-state index >= 15 is 0 Å². The van der Waals surface area contributed by atoms with E-state index < -0.39 is 6.10 Å². The third kappa shape index (κ3) is 7.71. The molecule has 32 heavy (non-hydrogen) atoms. The van der Waals surface area contributed by atoms with Gasteiger partial charge < -0.3 is 24.2 Å². The smallest absolute Gasteiger partial charge is 0.254 e. The van der Waals surface area contributed by atoms with Gasteiger partial charge in [0.05, 0.1) is 32.5 Å². The molecule has 1 N–H and O–H groups in total. The van der Waals surface area contributed by atoms with Crippen molar-refractivity contribution in [3.63, 3.8) is 0 Å². The van der Waals surface area contributed by atoms with Gasteiger partial charge in [0, 0.05) is 64.5 Å². The molecule has 2 unspecified atom stereocenters. The molecular weight excluding hydrogens is 410 g/mol. The predicted molar refractivity (Wildman–Crippen MR) is 123 cm³/mol. The fraction of sp³-hybridized carbons (Fsp3) is 0.708. The zero-order chi connectivity index (χ0) is 22.9. The number of morpholine rings is 1. The predicted octanol–water partition coefficient (Wildman–Crippen LogP) is 1.19. The standard InChI is InChI=1S/C24H39N3O5/c1-19(2)17-31-18-21(28)14-26-11-12-32-23(16-26)15-25-7-9-27(10-8-25)24(29)20-5-4-6-22(13-20)30-3/h4-6,13,19,21,23,28H,7-12,14-18H2,1-3H3. The molecule has 1 amide bonds. The Bertz CT molecular complexity index is 709. The maximum atomic E-state index is 12.8. The summed E-state index contributed by atoms with van der Waals surface area (Å²) in [4.78, 5) is 19.3. The Labute approximate surface area is 192 Å². The number of hydrogen-bond acceptors (Lipinski definition) is 7. The molecule has 0 aliphatic carbocycles. The van der Waals surface area contributed by atoms with Crippen molar-refractivity contribution in [1.82, 2.24) is 14.7 Å². The average Bonchev–Trinajstić information content (AvgIpc) is 2.79. The number of amides is 1. The van der Waals surface area contributed by atoms with E-state index in [9.17, 15) is 9.90 Å². The Kier molecular flexibility index (Phi) is 9.74. The SMILES string of the molecule is COc1cccc(C(=O)N2CCN(CC3CN(CC(O)COCC(C)C)CCO3)CC2)c1. The number of β-amino-alcohol motifs (C(OH)–C–C–N with tert-alkyl or cyclic N) is 1. The summed E-state index contributed by atoms with van der Waals surface area (Å²) in [6.45, 7) is 12.1. The number of aliphatic hydroxyl groups excluding tert-OH is 1. The highest BCUT2D eigenvalue weighted by molar-refractivity contribution is 5.94. The molecule has 2 aliphatic rings. The lowest BCUT2D eigenvalue weighted by molar-refractivity contribution is -0.0644. The Morgan fingerprint density at radius 3 is 2.66 bits per heavy atom. The molecule has 180 valence electrons. The van der Waals surface area contributed by atoms with Crippen molar-refractivity contribution in [3.05, 3.63) is 29.8 Å². The summed E-state index contributed by atoms with van der Waals surface area (Å²) in [7, 11) is 1.61. The monoisotopic (exact) mass is 449 g/mol. The fourth-order valence-corrected chi connectivity index (χ4v) is 4.21. The molecule has 0 saturated carbocycles. The van der Waals surface area contributed by atoms with Crippen LogP contribution in [0.25, 0.3) is 0 Å². The summed E-state index contributed by atoms with van der Waals surface area (Å²) in [5, 5.41) is 10.3. The first-order valence-electron chi connectivity index (χ1n) is 11.7. The van der Waals surface area contributed by atoms with E-state index in [1.807, 2.05) is 23.1 Å². The molecule has 0 radical (unpaired) electrons. The lowest BCUT2D eigenvalue weighted by Crippen LogP contribution is -2.54. The minimum absolute atomic E-state index is 0.0531. The van der Waals surface area contributed by atoms with Crippen molar-refractivity contribution in [2.75, 3.05) is 79.3 Å². The van der Waals surface area contributed by atoms with Crippen LogP contribution in [-0.4, -0.2) is 117 Å². The molecule has 8 heteroatoms. The molecule has 0 bridgehead atoms. The van der Waals surface area contributed by atoms with Gasteiger partial charge >= 0.3 is 0 Å².